The van der Waals surface area contributed by atoms with E-state index in [9.17, 15) is 0 Å². The van der Waals surface area contributed by atoms with E-state index >= 15 is 0 Å². The zero-order valence-electron chi connectivity index (χ0n) is 12.7. The van der Waals surface area contributed by atoms with Gasteiger partial charge in [0.1, 0.15) is 5.82 Å². The fraction of sp³-hybridized carbons (Fsp3) is 0.125. The standard InChI is InChI=1S/C16H15ClN6/c1-9-7-20-16(18)22-13(9)11-3-5-12(6-4-11)21-14-10(2)8-19-15(17)23-14/h3-8H,1-2H3,(H2,18,20,22)(H,19,21,23). The average Bonchev–Trinajstić information content (AvgIpc) is 2.54. The Morgan fingerprint density at radius 2 is 1.65 bits per heavy atom. The van der Waals surface area contributed by atoms with E-state index in [0.717, 1.165) is 28.1 Å². The summed E-state index contributed by atoms with van der Waals surface area (Å²) in [5.74, 6) is 0.944. The topological polar surface area (TPSA) is 89.6 Å². The molecule has 0 bridgehead atoms. The van der Waals surface area contributed by atoms with Gasteiger partial charge in [-0.05, 0) is 43.1 Å². The van der Waals surface area contributed by atoms with Gasteiger partial charge in [-0.3, -0.25) is 0 Å². The lowest BCUT2D eigenvalue weighted by atomic mass is 10.1. The molecule has 6 nitrogen and oxygen atoms in total. The van der Waals surface area contributed by atoms with Gasteiger partial charge < -0.3 is 11.1 Å². The molecule has 0 radical (unpaired) electrons. The van der Waals surface area contributed by atoms with Crippen LogP contribution in [0.4, 0.5) is 17.5 Å². The van der Waals surface area contributed by atoms with Gasteiger partial charge in [0.2, 0.25) is 11.2 Å². The van der Waals surface area contributed by atoms with Crippen LogP contribution in [-0.2, 0) is 0 Å². The molecule has 116 valence electrons. The molecular formula is C16H15ClN6. The third-order valence-electron chi connectivity index (χ3n) is 3.35. The highest BCUT2D eigenvalue weighted by Gasteiger charge is 2.07. The van der Waals surface area contributed by atoms with Gasteiger partial charge in [-0.15, -0.1) is 0 Å². The summed E-state index contributed by atoms with van der Waals surface area (Å²) in [4.78, 5) is 16.4. The van der Waals surface area contributed by atoms with Crippen molar-refractivity contribution in [2.24, 2.45) is 0 Å². The van der Waals surface area contributed by atoms with E-state index in [-0.39, 0.29) is 11.2 Å². The summed E-state index contributed by atoms with van der Waals surface area (Å²) in [6.07, 6.45) is 3.40. The summed E-state index contributed by atoms with van der Waals surface area (Å²) in [7, 11) is 0. The Bertz CT molecular complexity index is 848. The summed E-state index contributed by atoms with van der Waals surface area (Å²) in [5.41, 5.74) is 10.2. The molecule has 0 aliphatic rings. The van der Waals surface area contributed by atoms with E-state index in [2.05, 4.69) is 25.3 Å². The minimum absolute atomic E-state index is 0.210. The van der Waals surface area contributed by atoms with Crippen LogP contribution >= 0.6 is 11.6 Å². The van der Waals surface area contributed by atoms with Crippen LogP contribution in [0.15, 0.2) is 36.7 Å². The minimum atomic E-state index is 0.210. The Balaban J connectivity index is 1.87. The van der Waals surface area contributed by atoms with Gasteiger partial charge in [0.15, 0.2) is 0 Å². The Morgan fingerprint density at radius 1 is 0.957 bits per heavy atom. The first-order valence-electron chi connectivity index (χ1n) is 6.98. The quantitative estimate of drug-likeness (QED) is 0.716. The fourth-order valence-corrected chi connectivity index (χ4v) is 2.28. The molecule has 0 spiro atoms. The zero-order valence-corrected chi connectivity index (χ0v) is 13.5. The smallest absolute Gasteiger partial charge is 0.224 e. The van der Waals surface area contributed by atoms with Crippen molar-refractivity contribution in [3.63, 3.8) is 0 Å². The highest BCUT2D eigenvalue weighted by Crippen LogP contribution is 2.25. The highest BCUT2D eigenvalue weighted by molar-refractivity contribution is 6.28. The second-order valence-corrected chi connectivity index (χ2v) is 5.47. The SMILES string of the molecule is Cc1cnc(Cl)nc1Nc1ccc(-c2nc(N)ncc2C)cc1. The van der Waals surface area contributed by atoms with Crippen molar-refractivity contribution in [2.45, 2.75) is 13.8 Å². The Labute approximate surface area is 138 Å². The van der Waals surface area contributed by atoms with Crippen LogP contribution in [0.3, 0.4) is 0 Å². The fourth-order valence-electron chi connectivity index (χ4n) is 2.14. The lowest BCUT2D eigenvalue weighted by molar-refractivity contribution is 1.13. The van der Waals surface area contributed by atoms with Gasteiger partial charge in [0.05, 0.1) is 5.69 Å². The van der Waals surface area contributed by atoms with Crippen molar-refractivity contribution in [1.82, 2.24) is 19.9 Å². The summed E-state index contributed by atoms with van der Waals surface area (Å²) >= 11 is 5.83. The number of nitrogen functional groups attached to an aromatic ring is 1. The van der Waals surface area contributed by atoms with Gasteiger partial charge in [0, 0.05) is 29.2 Å². The van der Waals surface area contributed by atoms with Crippen LogP contribution in [0.25, 0.3) is 11.3 Å². The van der Waals surface area contributed by atoms with Gasteiger partial charge in [0.25, 0.3) is 0 Å². The number of hydrogen-bond donors (Lipinski definition) is 2. The van der Waals surface area contributed by atoms with Crippen LogP contribution < -0.4 is 11.1 Å². The molecular weight excluding hydrogens is 312 g/mol. The van der Waals surface area contributed by atoms with Gasteiger partial charge in [-0.25, -0.2) is 19.9 Å². The Hall–Kier alpha value is -2.73. The van der Waals surface area contributed by atoms with E-state index in [1.165, 1.54) is 0 Å². The van der Waals surface area contributed by atoms with Crippen molar-refractivity contribution in [3.8, 4) is 11.3 Å². The minimum Gasteiger partial charge on any atom is -0.368 e. The largest absolute Gasteiger partial charge is 0.368 e. The number of nitrogens with two attached hydrogens (primary N) is 1. The van der Waals surface area contributed by atoms with Crippen molar-refractivity contribution in [1.29, 1.82) is 0 Å². The van der Waals surface area contributed by atoms with Crippen LogP contribution in [0.5, 0.6) is 0 Å². The summed E-state index contributed by atoms with van der Waals surface area (Å²) < 4.78 is 0. The molecule has 0 saturated carbocycles. The zero-order chi connectivity index (χ0) is 16.4. The molecule has 3 rings (SSSR count). The number of aromatic nitrogens is 4. The maximum atomic E-state index is 5.83. The second kappa shape index (κ2) is 6.18. The highest BCUT2D eigenvalue weighted by atomic mass is 35.5. The van der Waals surface area contributed by atoms with E-state index in [1.54, 1.807) is 12.4 Å². The van der Waals surface area contributed by atoms with Crippen LogP contribution in [0, 0.1) is 13.8 Å². The summed E-state index contributed by atoms with van der Waals surface area (Å²) in [6.45, 7) is 3.87. The van der Waals surface area contributed by atoms with Gasteiger partial charge >= 0.3 is 0 Å². The number of halogens is 1. The first-order valence-corrected chi connectivity index (χ1v) is 7.36. The normalized spacial score (nSPS) is 10.6. The molecule has 0 fully saturated rings. The first-order chi connectivity index (χ1) is 11.0. The molecule has 0 aliphatic carbocycles. The number of nitrogens with one attached hydrogen (secondary N) is 1. The van der Waals surface area contributed by atoms with Gasteiger partial charge in [-0.1, -0.05) is 12.1 Å². The Morgan fingerprint density at radius 3 is 2.39 bits per heavy atom. The average molecular weight is 327 g/mol. The molecule has 2 aromatic heterocycles. The molecule has 0 saturated heterocycles. The number of anilines is 3. The molecule has 23 heavy (non-hydrogen) atoms. The van der Waals surface area contributed by atoms with E-state index in [1.807, 2.05) is 38.1 Å². The van der Waals surface area contributed by atoms with E-state index < -0.39 is 0 Å². The van der Waals surface area contributed by atoms with E-state index in [4.69, 9.17) is 17.3 Å². The molecule has 3 N–H and O–H groups in total. The van der Waals surface area contributed by atoms with Crippen molar-refractivity contribution >= 4 is 29.1 Å². The molecule has 0 aliphatic heterocycles. The molecule has 0 atom stereocenters. The van der Waals surface area contributed by atoms with Crippen LogP contribution in [0.2, 0.25) is 5.28 Å². The molecule has 1 aromatic carbocycles. The number of hydrogen-bond acceptors (Lipinski definition) is 6. The molecule has 7 heteroatoms. The maximum absolute atomic E-state index is 5.83. The lowest BCUT2D eigenvalue weighted by Crippen LogP contribution is -1.99. The Kier molecular flexibility index (Phi) is 4.08. The summed E-state index contributed by atoms with van der Waals surface area (Å²) in [6, 6.07) is 7.83. The van der Waals surface area contributed by atoms with Gasteiger partial charge in [-0.2, -0.15) is 0 Å². The molecule has 0 amide bonds. The molecule has 2 heterocycles. The number of rotatable bonds is 3. The third kappa shape index (κ3) is 3.37. The maximum Gasteiger partial charge on any atom is 0.224 e. The predicted molar refractivity (Wildman–Crippen MR) is 91.7 cm³/mol. The third-order valence-corrected chi connectivity index (χ3v) is 3.54. The summed E-state index contributed by atoms with van der Waals surface area (Å²) in [5, 5.41) is 3.43. The van der Waals surface area contributed by atoms with E-state index in [0.29, 0.717) is 5.82 Å². The van der Waals surface area contributed by atoms with Crippen molar-refractivity contribution in [2.75, 3.05) is 11.1 Å². The van der Waals surface area contributed by atoms with Crippen molar-refractivity contribution in [3.05, 3.63) is 53.1 Å². The molecule has 3 aromatic rings. The number of aryl methyl sites for hydroxylation is 2. The lowest BCUT2D eigenvalue weighted by Gasteiger charge is -2.10. The number of benzene rings is 1. The predicted octanol–water partition coefficient (Wildman–Crippen LogP) is 3.53. The molecule has 0 unspecified atom stereocenters. The van der Waals surface area contributed by atoms with Crippen molar-refractivity contribution < 1.29 is 0 Å². The van der Waals surface area contributed by atoms with Crippen LogP contribution in [0.1, 0.15) is 11.1 Å². The monoisotopic (exact) mass is 326 g/mol. The second-order valence-electron chi connectivity index (χ2n) is 5.13. The first kappa shape index (κ1) is 15.2. The number of nitrogens with zero attached hydrogens (tertiary/aromatic N) is 4. The van der Waals surface area contributed by atoms with Crippen LogP contribution in [-0.4, -0.2) is 19.9 Å².